The highest BCUT2D eigenvalue weighted by atomic mass is 16.2. The first kappa shape index (κ1) is 14.1. The third kappa shape index (κ3) is 3.15. The summed E-state index contributed by atoms with van der Waals surface area (Å²) in [4.78, 5) is 18.2. The Bertz CT molecular complexity index is 576. The fourth-order valence-corrected chi connectivity index (χ4v) is 1.89. The van der Waals surface area contributed by atoms with Gasteiger partial charge < -0.3 is 10.2 Å². The van der Waals surface area contributed by atoms with E-state index >= 15 is 0 Å². The zero-order valence-electron chi connectivity index (χ0n) is 12.1. The first-order valence-corrected chi connectivity index (χ1v) is 6.66. The number of nitrogens with zero attached hydrogens (tertiary/aromatic N) is 2. The monoisotopic (exact) mass is 269 g/mol. The number of nitrogens with one attached hydrogen (secondary N) is 1. The van der Waals surface area contributed by atoms with E-state index in [9.17, 15) is 4.79 Å². The molecule has 1 N–H and O–H groups in total. The van der Waals surface area contributed by atoms with Crippen molar-refractivity contribution in [2.24, 2.45) is 0 Å². The molecule has 0 aliphatic heterocycles. The van der Waals surface area contributed by atoms with Crippen molar-refractivity contribution in [2.75, 3.05) is 23.8 Å². The molecule has 0 aliphatic carbocycles. The maximum atomic E-state index is 12.4. The molecule has 4 nitrogen and oxygen atoms in total. The Morgan fingerprint density at radius 1 is 1.20 bits per heavy atom. The minimum atomic E-state index is -0.0654. The molecule has 1 aromatic heterocycles. The van der Waals surface area contributed by atoms with Crippen molar-refractivity contribution in [3.63, 3.8) is 0 Å². The fourth-order valence-electron chi connectivity index (χ4n) is 1.89. The van der Waals surface area contributed by atoms with Gasteiger partial charge in [0.25, 0.3) is 5.91 Å². The van der Waals surface area contributed by atoms with Crippen LogP contribution in [0.4, 0.5) is 11.5 Å². The summed E-state index contributed by atoms with van der Waals surface area (Å²) in [5.41, 5.74) is 2.62. The van der Waals surface area contributed by atoms with Crippen LogP contribution in [0.2, 0.25) is 0 Å². The van der Waals surface area contributed by atoms with Crippen molar-refractivity contribution in [2.45, 2.75) is 13.8 Å². The van der Waals surface area contributed by atoms with Gasteiger partial charge in [-0.15, -0.1) is 0 Å². The lowest BCUT2D eigenvalue weighted by Gasteiger charge is -2.17. The zero-order chi connectivity index (χ0) is 14.5. The molecule has 1 amide bonds. The summed E-state index contributed by atoms with van der Waals surface area (Å²) < 4.78 is 0. The summed E-state index contributed by atoms with van der Waals surface area (Å²) in [5.74, 6) is 0.714. The Morgan fingerprint density at radius 3 is 2.45 bits per heavy atom. The summed E-state index contributed by atoms with van der Waals surface area (Å²) in [6.07, 6.45) is 1.60. The summed E-state index contributed by atoms with van der Waals surface area (Å²) in [5, 5.41) is 3.10. The van der Waals surface area contributed by atoms with E-state index in [1.54, 1.807) is 24.2 Å². The number of benzene rings is 1. The highest BCUT2D eigenvalue weighted by Gasteiger charge is 2.13. The zero-order valence-corrected chi connectivity index (χ0v) is 12.1. The second kappa shape index (κ2) is 6.19. The maximum absolute atomic E-state index is 12.4. The van der Waals surface area contributed by atoms with Crippen LogP contribution in [0.3, 0.4) is 0 Å². The van der Waals surface area contributed by atoms with Crippen LogP contribution in [0.25, 0.3) is 0 Å². The summed E-state index contributed by atoms with van der Waals surface area (Å²) in [6, 6.07) is 11.5. The number of hydrogen-bond donors (Lipinski definition) is 1. The minimum Gasteiger partial charge on any atom is -0.370 e. The molecule has 0 fully saturated rings. The largest absolute Gasteiger partial charge is 0.370 e. The van der Waals surface area contributed by atoms with E-state index in [-0.39, 0.29) is 5.91 Å². The molecule has 104 valence electrons. The number of carbonyl (C=O) groups excluding carboxylic acids is 1. The van der Waals surface area contributed by atoms with E-state index in [4.69, 9.17) is 0 Å². The molecule has 0 unspecified atom stereocenters. The molecule has 2 aromatic rings. The predicted molar refractivity (Wildman–Crippen MR) is 82.3 cm³/mol. The normalized spacial score (nSPS) is 10.2. The Balaban J connectivity index is 2.15. The van der Waals surface area contributed by atoms with Gasteiger partial charge in [-0.2, -0.15) is 0 Å². The van der Waals surface area contributed by atoms with Crippen LogP contribution in [0.5, 0.6) is 0 Å². The van der Waals surface area contributed by atoms with Crippen molar-refractivity contribution in [3.05, 3.63) is 53.7 Å². The van der Waals surface area contributed by atoms with Gasteiger partial charge >= 0.3 is 0 Å². The summed E-state index contributed by atoms with van der Waals surface area (Å²) in [7, 11) is 1.77. The van der Waals surface area contributed by atoms with Gasteiger partial charge in [-0.1, -0.05) is 17.7 Å². The maximum Gasteiger partial charge on any atom is 0.259 e. The lowest BCUT2D eigenvalue weighted by Crippen LogP contribution is -2.26. The predicted octanol–water partition coefficient (Wildman–Crippen LogP) is 3.10. The Labute approximate surface area is 119 Å². The number of pyridine rings is 1. The van der Waals surface area contributed by atoms with Crippen molar-refractivity contribution in [1.29, 1.82) is 0 Å². The lowest BCUT2D eigenvalue weighted by molar-refractivity contribution is 0.0992. The van der Waals surface area contributed by atoms with Gasteiger partial charge in [0.15, 0.2) is 0 Å². The molecule has 20 heavy (non-hydrogen) atoms. The van der Waals surface area contributed by atoms with Crippen molar-refractivity contribution < 1.29 is 4.79 Å². The van der Waals surface area contributed by atoms with Gasteiger partial charge in [-0.05, 0) is 38.1 Å². The molecule has 0 atom stereocenters. The lowest BCUT2D eigenvalue weighted by atomic mass is 10.2. The minimum absolute atomic E-state index is 0.0654. The van der Waals surface area contributed by atoms with Gasteiger partial charge in [0.2, 0.25) is 0 Å². The van der Waals surface area contributed by atoms with E-state index in [0.717, 1.165) is 18.1 Å². The molecule has 0 aliphatic rings. The Kier molecular flexibility index (Phi) is 4.35. The highest BCUT2D eigenvalue weighted by Crippen LogP contribution is 2.16. The highest BCUT2D eigenvalue weighted by molar-refractivity contribution is 6.05. The number of amides is 1. The van der Waals surface area contributed by atoms with Gasteiger partial charge in [0.05, 0.1) is 5.56 Å². The molecule has 0 saturated heterocycles. The molecule has 4 heteroatoms. The molecule has 0 spiro atoms. The van der Waals surface area contributed by atoms with E-state index in [0.29, 0.717) is 5.56 Å². The second-order valence-electron chi connectivity index (χ2n) is 4.66. The third-order valence-corrected chi connectivity index (χ3v) is 3.09. The van der Waals surface area contributed by atoms with Gasteiger partial charge in [0, 0.05) is 25.5 Å². The SMILES string of the molecule is CCNc1ccc(C(=O)N(C)c2ccc(C)cc2)cn1. The number of anilines is 2. The van der Waals surface area contributed by atoms with Gasteiger partial charge in [-0.25, -0.2) is 4.98 Å². The van der Waals surface area contributed by atoms with Crippen LogP contribution in [0.1, 0.15) is 22.8 Å². The molecular formula is C16H19N3O. The van der Waals surface area contributed by atoms with Crippen molar-refractivity contribution in [1.82, 2.24) is 4.98 Å². The van der Waals surface area contributed by atoms with Crippen LogP contribution in [0.15, 0.2) is 42.6 Å². The molecule has 1 aromatic carbocycles. The number of hydrogen-bond acceptors (Lipinski definition) is 3. The molecule has 0 bridgehead atoms. The smallest absolute Gasteiger partial charge is 0.259 e. The first-order valence-electron chi connectivity index (χ1n) is 6.66. The summed E-state index contributed by atoms with van der Waals surface area (Å²) in [6.45, 7) is 4.84. The van der Waals surface area contributed by atoms with Crippen molar-refractivity contribution >= 4 is 17.4 Å². The van der Waals surface area contributed by atoms with E-state index in [2.05, 4.69) is 10.3 Å². The first-order chi connectivity index (χ1) is 9.61. The van der Waals surface area contributed by atoms with Crippen LogP contribution >= 0.6 is 0 Å². The van der Waals surface area contributed by atoms with Crippen molar-refractivity contribution in [3.8, 4) is 0 Å². The topological polar surface area (TPSA) is 45.2 Å². The fraction of sp³-hybridized carbons (Fsp3) is 0.250. The quantitative estimate of drug-likeness (QED) is 0.927. The van der Waals surface area contributed by atoms with Gasteiger partial charge in [-0.3, -0.25) is 4.79 Å². The van der Waals surface area contributed by atoms with Crippen LogP contribution in [-0.2, 0) is 0 Å². The standard InChI is InChI=1S/C16H19N3O/c1-4-17-15-10-7-13(11-18-15)16(20)19(3)14-8-5-12(2)6-9-14/h5-11H,4H2,1-3H3,(H,17,18). The number of rotatable bonds is 4. The average molecular weight is 269 g/mol. The van der Waals surface area contributed by atoms with Crippen LogP contribution < -0.4 is 10.2 Å². The van der Waals surface area contributed by atoms with E-state index in [1.165, 1.54) is 5.56 Å². The Hall–Kier alpha value is -2.36. The molecule has 0 radical (unpaired) electrons. The molecule has 1 heterocycles. The van der Waals surface area contributed by atoms with Crippen LogP contribution in [-0.4, -0.2) is 24.5 Å². The average Bonchev–Trinajstić information content (AvgIpc) is 2.48. The van der Waals surface area contributed by atoms with E-state index < -0.39 is 0 Å². The van der Waals surface area contributed by atoms with E-state index in [1.807, 2.05) is 44.2 Å². The Morgan fingerprint density at radius 2 is 1.90 bits per heavy atom. The van der Waals surface area contributed by atoms with Gasteiger partial charge in [0.1, 0.15) is 5.82 Å². The number of aromatic nitrogens is 1. The molecule has 0 saturated carbocycles. The third-order valence-electron chi connectivity index (χ3n) is 3.09. The number of aryl methyl sites for hydroxylation is 1. The van der Waals surface area contributed by atoms with Crippen LogP contribution in [0, 0.1) is 6.92 Å². The second-order valence-corrected chi connectivity index (χ2v) is 4.66. The molecule has 2 rings (SSSR count). The molecular weight excluding hydrogens is 250 g/mol. The number of carbonyl (C=O) groups is 1. The summed E-state index contributed by atoms with van der Waals surface area (Å²) >= 11 is 0.